The second-order valence-electron chi connectivity index (χ2n) is 6.71. The van der Waals surface area contributed by atoms with E-state index in [2.05, 4.69) is 4.98 Å². The fraction of sp³-hybridized carbons (Fsp3) is 0.105. The second-order valence-corrected chi connectivity index (χ2v) is 9.43. The summed E-state index contributed by atoms with van der Waals surface area (Å²) in [5, 5.41) is -0.233. The van der Waals surface area contributed by atoms with E-state index in [-0.39, 0.29) is 22.0 Å². The molecule has 9 nitrogen and oxygen atoms in total. The number of hydrogen-bond donors (Lipinski definition) is 2. The summed E-state index contributed by atoms with van der Waals surface area (Å²) in [6.45, 7) is 0. The van der Waals surface area contributed by atoms with Gasteiger partial charge in [-0.1, -0.05) is 42.5 Å². The molecule has 1 aliphatic rings. The molecule has 0 bridgehead atoms. The lowest BCUT2D eigenvalue weighted by Gasteiger charge is -2.15. The Balaban J connectivity index is 1.99. The number of carbonyl (C=O) groups is 2. The number of rotatable bonds is 4. The molecule has 0 atom stereocenters. The van der Waals surface area contributed by atoms with Crippen molar-refractivity contribution in [2.45, 2.75) is 16.2 Å². The van der Waals surface area contributed by atoms with Crippen LogP contribution in [0.1, 0.15) is 26.4 Å². The Morgan fingerprint density at radius 1 is 0.767 bits per heavy atom. The number of pyridine rings is 1. The molecule has 1 heterocycles. The molecule has 0 unspecified atom stereocenters. The van der Waals surface area contributed by atoms with Gasteiger partial charge in [0.1, 0.15) is 9.79 Å². The summed E-state index contributed by atoms with van der Waals surface area (Å²) in [5.41, 5.74) is -0.181. The lowest BCUT2D eigenvalue weighted by molar-refractivity contribution is 0.0836. The highest BCUT2D eigenvalue weighted by Gasteiger charge is 2.41. The molecule has 0 radical (unpaired) electrons. The van der Waals surface area contributed by atoms with E-state index in [1.807, 2.05) is 0 Å². The number of para-hydroxylation sites is 1. The van der Waals surface area contributed by atoms with Crippen LogP contribution in [-0.4, -0.2) is 42.5 Å². The molecule has 11 heteroatoms. The van der Waals surface area contributed by atoms with Crippen LogP contribution in [0.15, 0.2) is 58.3 Å². The van der Waals surface area contributed by atoms with Gasteiger partial charge in [-0.2, -0.15) is 16.8 Å². The molecule has 30 heavy (non-hydrogen) atoms. The fourth-order valence-electron chi connectivity index (χ4n) is 3.66. The minimum atomic E-state index is -5.21. The molecular formula is C19H13NO8S2. The number of hydrogen-bond acceptors (Lipinski definition) is 7. The highest BCUT2D eigenvalue weighted by atomic mass is 32.2. The highest BCUT2D eigenvalue weighted by molar-refractivity contribution is 7.89. The Bertz CT molecular complexity index is 1420. The number of ketones is 2. The Hall–Kier alpha value is -2.99. The normalized spacial score (nSPS) is 15.0. The lowest BCUT2D eigenvalue weighted by Crippen LogP contribution is -2.22. The van der Waals surface area contributed by atoms with Gasteiger partial charge in [-0.3, -0.25) is 23.7 Å². The number of carbonyl (C=O) groups excluding carboxylic acids is 2. The van der Waals surface area contributed by atoms with E-state index < -0.39 is 59.6 Å². The van der Waals surface area contributed by atoms with E-state index in [4.69, 9.17) is 0 Å². The average Bonchev–Trinajstić information content (AvgIpc) is 2.90. The summed E-state index contributed by atoms with van der Waals surface area (Å²) in [7, 11) is -10.3. The van der Waals surface area contributed by atoms with E-state index in [1.165, 1.54) is 36.4 Å². The van der Waals surface area contributed by atoms with Gasteiger partial charge in [0.2, 0.25) is 0 Å². The fourth-order valence-corrected chi connectivity index (χ4v) is 5.86. The molecule has 0 amide bonds. The maximum Gasteiger partial charge on any atom is 0.297 e. The van der Waals surface area contributed by atoms with Gasteiger partial charge in [-0.15, -0.1) is 0 Å². The van der Waals surface area contributed by atoms with Crippen LogP contribution >= 0.6 is 0 Å². The molecule has 2 aromatic carbocycles. The van der Waals surface area contributed by atoms with Crippen LogP contribution in [-0.2, 0) is 26.7 Å². The van der Waals surface area contributed by atoms with Crippen LogP contribution in [0, 0.1) is 5.92 Å². The second kappa shape index (κ2) is 6.77. The summed E-state index contributed by atoms with van der Waals surface area (Å²) >= 11 is 0. The zero-order valence-electron chi connectivity index (χ0n) is 15.0. The van der Waals surface area contributed by atoms with Crippen molar-refractivity contribution in [3.05, 3.63) is 65.4 Å². The lowest BCUT2D eigenvalue weighted by atomic mass is 9.97. The first kappa shape index (κ1) is 20.3. The smallest absolute Gasteiger partial charge is 0.293 e. The molecule has 1 aliphatic carbocycles. The van der Waals surface area contributed by atoms with Crippen molar-refractivity contribution in [1.82, 2.24) is 4.98 Å². The van der Waals surface area contributed by atoms with Gasteiger partial charge >= 0.3 is 0 Å². The number of aromatic nitrogens is 1. The van der Waals surface area contributed by atoms with E-state index in [1.54, 1.807) is 12.1 Å². The first-order valence-electron chi connectivity index (χ1n) is 8.54. The number of benzene rings is 2. The summed E-state index contributed by atoms with van der Waals surface area (Å²) in [5.74, 6) is -2.48. The van der Waals surface area contributed by atoms with Gasteiger partial charge in [0.05, 0.1) is 17.1 Å². The average molecular weight is 447 g/mol. The maximum atomic E-state index is 12.7. The van der Waals surface area contributed by atoms with Gasteiger partial charge in [-0.25, -0.2) is 0 Å². The first-order valence-corrected chi connectivity index (χ1v) is 11.4. The van der Waals surface area contributed by atoms with E-state index in [0.29, 0.717) is 0 Å². The first-order chi connectivity index (χ1) is 14.0. The van der Waals surface area contributed by atoms with Crippen molar-refractivity contribution >= 4 is 42.7 Å². The van der Waals surface area contributed by atoms with Gasteiger partial charge < -0.3 is 0 Å². The minimum Gasteiger partial charge on any atom is -0.293 e. The molecule has 0 saturated heterocycles. The largest absolute Gasteiger partial charge is 0.297 e. The van der Waals surface area contributed by atoms with Crippen molar-refractivity contribution in [2.75, 3.05) is 0 Å². The molecule has 0 fully saturated rings. The topological polar surface area (TPSA) is 156 Å². The standard InChI is InChI=1S/C19H13NO8S2/c21-16-10-5-1-2-6-11(10)17(22)13(16)9-15-19(30(26,27)28)18(29(23,24)25)12-7-3-4-8-14(12)20-15/h1-8,13H,9H2,(H,23,24,25)(H,26,27,28). The molecule has 4 rings (SSSR count). The predicted octanol–water partition coefficient (Wildman–Crippen LogP) is 1.97. The third-order valence-corrected chi connectivity index (χ3v) is 6.90. The summed E-state index contributed by atoms with van der Waals surface area (Å²) in [4.78, 5) is 27.3. The van der Waals surface area contributed by atoms with E-state index >= 15 is 0 Å². The predicted molar refractivity (Wildman–Crippen MR) is 104 cm³/mol. The zero-order chi connectivity index (χ0) is 21.8. The third kappa shape index (κ3) is 3.21. The van der Waals surface area contributed by atoms with Gasteiger partial charge in [0.25, 0.3) is 20.2 Å². The van der Waals surface area contributed by atoms with Crippen LogP contribution < -0.4 is 0 Å². The highest BCUT2D eigenvalue weighted by Crippen LogP contribution is 2.35. The Labute approximate surface area is 170 Å². The summed E-state index contributed by atoms with van der Waals surface area (Å²) in [6, 6.07) is 11.5. The number of nitrogens with zero attached hydrogens (tertiary/aromatic N) is 1. The minimum absolute atomic E-state index is 0.00272. The van der Waals surface area contributed by atoms with Crippen molar-refractivity contribution in [2.24, 2.45) is 5.92 Å². The third-order valence-electron chi connectivity index (χ3n) is 4.88. The quantitative estimate of drug-likeness (QED) is 0.451. The van der Waals surface area contributed by atoms with Crippen LogP contribution in [0.3, 0.4) is 0 Å². The molecular weight excluding hydrogens is 434 g/mol. The Morgan fingerprint density at radius 3 is 1.80 bits per heavy atom. The summed E-state index contributed by atoms with van der Waals surface area (Å²) < 4.78 is 67.7. The molecule has 0 saturated carbocycles. The van der Waals surface area contributed by atoms with Crippen molar-refractivity contribution in [3.63, 3.8) is 0 Å². The molecule has 0 aliphatic heterocycles. The molecule has 0 spiro atoms. The molecule has 2 N–H and O–H groups in total. The zero-order valence-corrected chi connectivity index (χ0v) is 16.6. The maximum absolute atomic E-state index is 12.7. The molecule has 3 aromatic rings. The number of Topliss-reactive ketones (excluding diaryl/α,β-unsaturated/α-hetero) is 2. The number of fused-ring (bicyclic) bond motifs is 2. The van der Waals surface area contributed by atoms with Gasteiger partial charge in [-0.05, 0) is 6.07 Å². The monoisotopic (exact) mass is 447 g/mol. The Kier molecular flexibility index (Phi) is 4.58. The SMILES string of the molecule is O=C1c2ccccc2C(=O)C1Cc1nc2ccccc2c(S(=O)(=O)O)c1S(=O)(=O)O. The van der Waals surface area contributed by atoms with Crippen LogP contribution in [0.2, 0.25) is 0 Å². The van der Waals surface area contributed by atoms with E-state index in [0.717, 1.165) is 0 Å². The molecule has 1 aromatic heterocycles. The van der Waals surface area contributed by atoms with E-state index in [9.17, 15) is 35.5 Å². The van der Waals surface area contributed by atoms with Gasteiger partial charge in [0.15, 0.2) is 11.6 Å². The van der Waals surface area contributed by atoms with Crippen LogP contribution in [0.4, 0.5) is 0 Å². The van der Waals surface area contributed by atoms with Crippen LogP contribution in [0.25, 0.3) is 10.9 Å². The van der Waals surface area contributed by atoms with Crippen molar-refractivity contribution < 1.29 is 35.5 Å². The van der Waals surface area contributed by atoms with Crippen LogP contribution in [0.5, 0.6) is 0 Å². The van der Waals surface area contributed by atoms with Crippen molar-refractivity contribution in [3.8, 4) is 0 Å². The summed E-state index contributed by atoms with van der Waals surface area (Å²) in [6.07, 6.45) is -0.575. The van der Waals surface area contributed by atoms with Gasteiger partial charge in [0, 0.05) is 22.9 Å². The Morgan fingerprint density at radius 2 is 1.27 bits per heavy atom. The molecule has 154 valence electrons. The van der Waals surface area contributed by atoms with Crippen molar-refractivity contribution in [1.29, 1.82) is 0 Å².